The molecule has 0 aromatic heterocycles. The van der Waals surface area contributed by atoms with Crippen LogP contribution in [0.5, 0.6) is 0 Å². The van der Waals surface area contributed by atoms with Crippen LogP contribution in [0.4, 0.5) is 10.5 Å². The molecule has 0 bridgehead atoms. The van der Waals surface area contributed by atoms with Crippen molar-refractivity contribution in [2.24, 2.45) is 5.73 Å². The van der Waals surface area contributed by atoms with Crippen molar-refractivity contribution in [1.29, 1.82) is 0 Å². The summed E-state index contributed by atoms with van der Waals surface area (Å²) < 4.78 is 0. The van der Waals surface area contributed by atoms with Crippen LogP contribution in [0.25, 0.3) is 0 Å². The number of benzene rings is 1. The molecule has 0 heterocycles. The smallest absolute Gasteiger partial charge is 0.326 e. The van der Waals surface area contributed by atoms with E-state index in [0.29, 0.717) is 23.4 Å². The second-order valence-corrected chi connectivity index (χ2v) is 5.20. The first-order valence-electron chi connectivity index (χ1n) is 6.13. The highest BCUT2D eigenvalue weighted by molar-refractivity contribution is 7.98. The molecule has 5 N–H and O–H groups in total. The number of primary amides is 1. The van der Waals surface area contributed by atoms with Crippen LogP contribution in [-0.2, 0) is 4.79 Å². The first kappa shape index (κ1) is 16.8. The first-order chi connectivity index (χ1) is 9.93. The normalized spacial score (nSPS) is 11.5. The maximum absolute atomic E-state index is 12.0. The molecule has 0 aliphatic heterocycles. The van der Waals surface area contributed by atoms with Gasteiger partial charge in [-0.05, 0) is 42.7 Å². The van der Waals surface area contributed by atoms with Gasteiger partial charge in [0.2, 0.25) is 0 Å². The Hall–Kier alpha value is -2.22. The molecule has 0 fully saturated rings. The van der Waals surface area contributed by atoms with Crippen LogP contribution in [0.15, 0.2) is 24.3 Å². The molecule has 8 heteroatoms. The molecular weight excluding hydrogens is 294 g/mol. The molecule has 7 nitrogen and oxygen atoms in total. The third kappa shape index (κ3) is 5.74. The van der Waals surface area contributed by atoms with Crippen molar-refractivity contribution in [1.82, 2.24) is 5.32 Å². The number of carbonyl (C=O) groups excluding carboxylic acids is 2. The monoisotopic (exact) mass is 311 g/mol. The average Bonchev–Trinajstić information content (AvgIpc) is 2.43. The van der Waals surface area contributed by atoms with Crippen LogP contribution in [0.1, 0.15) is 16.8 Å². The fourth-order valence-electron chi connectivity index (χ4n) is 1.58. The summed E-state index contributed by atoms with van der Waals surface area (Å²) in [6.45, 7) is 0. The zero-order valence-corrected chi connectivity index (χ0v) is 12.3. The summed E-state index contributed by atoms with van der Waals surface area (Å²) in [6.07, 6.45) is 2.22. The Balaban J connectivity index is 2.69. The number of amides is 3. The Kier molecular flexibility index (Phi) is 6.54. The van der Waals surface area contributed by atoms with Crippen molar-refractivity contribution in [2.75, 3.05) is 17.3 Å². The molecule has 21 heavy (non-hydrogen) atoms. The molecule has 0 spiro atoms. The van der Waals surface area contributed by atoms with Gasteiger partial charge in [-0.15, -0.1) is 0 Å². The van der Waals surface area contributed by atoms with Gasteiger partial charge in [0.15, 0.2) is 0 Å². The average molecular weight is 311 g/mol. The van der Waals surface area contributed by atoms with Crippen molar-refractivity contribution in [3.05, 3.63) is 29.8 Å². The Morgan fingerprint density at radius 1 is 1.29 bits per heavy atom. The molecule has 1 atom stereocenters. The third-order valence-corrected chi connectivity index (χ3v) is 3.27. The van der Waals surface area contributed by atoms with Crippen molar-refractivity contribution < 1.29 is 19.5 Å². The van der Waals surface area contributed by atoms with Crippen LogP contribution in [0.3, 0.4) is 0 Å². The summed E-state index contributed by atoms with van der Waals surface area (Å²) in [5.74, 6) is -0.905. The number of anilines is 1. The zero-order valence-electron chi connectivity index (χ0n) is 11.5. The van der Waals surface area contributed by atoms with Crippen molar-refractivity contribution >= 4 is 35.4 Å². The van der Waals surface area contributed by atoms with Crippen LogP contribution in [0, 0.1) is 0 Å². The van der Waals surface area contributed by atoms with E-state index in [1.165, 1.54) is 36.0 Å². The summed E-state index contributed by atoms with van der Waals surface area (Å²) >= 11 is 1.51. The van der Waals surface area contributed by atoms with Gasteiger partial charge in [-0.25, -0.2) is 9.59 Å². The minimum atomic E-state index is -1.07. The maximum Gasteiger partial charge on any atom is 0.326 e. The first-order valence-corrected chi connectivity index (χ1v) is 7.52. The van der Waals surface area contributed by atoms with E-state index in [1.54, 1.807) is 0 Å². The van der Waals surface area contributed by atoms with Crippen molar-refractivity contribution in [3.8, 4) is 0 Å². The Bertz CT molecular complexity index is 519. The number of nitrogens with one attached hydrogen (secondary N) is 2. The lowest BCUT2D eigenvalue weighted by Crippen LogP contribution is -2.41. The van der Waals surface area contributed by atoms with Gasteiger partial charge in [-0.3, -0.25) is 4.79 Å². The molecule has 0 aliphatic carbocycles. The van der Waals surface area contributed by atoms with E-state index < -0.39 is 23.9 Å². The molecule has 0 unspecified atom stereocenters. The number of nitrogens with two attached hydrogens (primary N) is 1. The van der Waals surface area contributed by atoms with Crippen LogP contribution >= 0.6 is 11.8 Å². The Morgan fingerprint density at radius 3 is 2.38 bits per heavy atom. The standard InChI is InChI=1S/C13H17N3O4S/c1-21-7-6-10(12(18)19)16-11(17)8-2-4-9(5-3-8)15-13(14)20/h2-5,10H,6-7H2,1H3,(H,16,17)(H,18,19)(H3,14,15,20)/t10-/m1/s1. The molecule has 1 aromatic rings. The highest BCUT2D eigenvalue weighted by atomic mass is 32.2. The van der Waals surface area contributed by atoms with Gasteiger partial charge in [0, 0.05) is 11.3 Å². The molecular formula is C13H17N3O4S. The quantitative estimate of drug-likeness (QED) is 0.601. The Labute approximate surface area is 126 Å². The number of carboxylic acids is 1. The molecule has 0 radical (unpaired) electrons. The lowest BCUT2D eigenvalue weighted by atomic mass is 10.1. The van der Waals surface area contributed by atoms with E-state index in [-0.39, 0.29) is 0 Å². The molecule has 0 saturated heterocycles. The minimum absolute atomic E-state index is 0.306. The lowest BCUT2D eigenvalue weighted by molar-refractivity contribution is -0.139. The number of hydrogen-bond donors (Lipinski definition) is 4. The van der Waals surface area contributed by atoms with Crippen LogP contribution < -0.4 is 16.4 Å². The van der Waals surface area contributed by atoms with Crippen LogP contribution in [0.2, 0.25) is 0 Å². The van der Waals surface area contributed by atoms with Gasteiger partial charge in [0.25, 0.3) is 5.91 Å². The van der Waals surface area contributed by atoms with Gasteiger partial charge in [-0.2, -0.15) is 11.8 Å². The van der Waals surface area contributed by atoms with E-state index in [0.717, 1.165) is 0 Å². The SMILES string of the molecule is CSCC[C@@H](NC(=O)c1ccc(NC(N)=O)cc1)C(=O)O. The fourth-order valence-corrected chi connectivity index (χ4v) is 2.05. The highest BCUT2D eigenvalue weighted by Gasteiger charge is 2.20. The lowest BCUT2D eigenvalue weighted by Gasteiger charge is -2.14. The van der Waals surface area contributed by atoms with Gasteiger partial charge < -0.3 is 21.5 Å². The van der Waals surface area contributed by atoms with E-state index >= 15 is 0 Å². The summed E-state index contributed by atoms with van der Waals surface area (Å²) in [6, 6.07) is 4.36. The molecule has 0 saturated carbocycles. The number of urea groups is 1. The van der Waals surface area contributed by atoms with Gasteiger partial charge in [-0.1, -0.05) is 0 Å². The molecule has 1 aromatic carbocycles. The second kappa shape index (κ2) is 8.15. The number of carbonyl (C=O) groups is 3. The van der Waals surface area contributed by atoms with Crippen molar-refractivity contribution in [2.45, 2.75) is 12.5 Å². The molecule has 0 aliphatic rings. The van der Waals surface area contributed by atoms with Crippen molar-refractivity contribution in [3.63, 3.8) is 0 Å². The second-order valence-electron chi connectivity index (χ2n) is 4.21. The fraction of sp³-hybridized carbons (Fsp3) is 0.308. The Morgan fingerprint density at radius 2 is 1.90 bits per heavy atom. The number of carboxylic acid groups (broad SMARTS) is 1. The van der Waals surface area contributed by atoms with Gasteiger partial charge in [0.1, 0.15) is 6.04 Å². The minimum Gasteiger partial charge on any atom is -0.480 e. The summed E-state index contributed by atoms with van der Waals surface area (Å²) in [5.41, 5.74) is 5.73. The number of rotatable bonds is 7. The highest BCUT2D eigenvalue weighted by Crippen LogP contribution is 2.10. The van der Waals surface area contributed by atoms with E-state index in [2.05, 4.69) is 10.6 Å². The molecule has 114 valence electrons. The van der Waals surface area contributed by atoms with Gasteiger partial charge >= 0.3 is 12.0 Å². The van der Waals surface area contributed by atoms with E-state index in [4.69, 9.17) is 10.8 Å². The molecule has 3 amide bonds. The topological polar surface area (TPSA) is 122 Å². The van der Waals surface area contributed by atoms with E-state index in [1.807, 2.05) is 6.26 Å². The summed E-state index contributed by atoms with van der Waals surface area (Å²) in [7, 11) is 0. The largest absolute Gasteiger partial charge is 0.480 e. The summed E-state index contributed by atoms with van der Waals surface area (Å²) in [5, 5.41) is 13.9. The summed E-state index contributed by atoms with van der Waals surface area (Å²) in [4.78, 5) is 33.7. The molecule has 1 rings (SSSR count). The van der Waals surface area contributed by atoms with Gasteiger partial charge in [0.05, 0.1) is 0 Å². The number of thioether (sulfide) groups is 1. The third-order valence-electron chi connectivity index (χ3n) is 2.63. The van der Waals surface area contributed by atoms with E-state index in [9.17, 15) is 14.4 Å². The zero-order chi connectivity index (χ0) is 15.8. The van der Waals surface area contributed by atoms with Crippen LogP contribution in [-0.4, -0.2) is 41.1 Å². The number of aliphatic carboxylic acids is 1. The predicted molar refractivity (Wildman–Crippen MR) is 81.5 cm³/mol. The maximum atomic E-state index is 12.0. The number of hydrogen-bond acceptors (Lipinski definition) is 4. The predicted octanol–water partition coefficient (Wildman–Crippen LogP) is 1.11.